The zero-order valence-electron chi connectivity index (χ0n) is 16.3. The summed E-state index contributed by atoms with van der Waals surface area (Å²) in [6.45, 7) is 1.61. The fourth-order valence-corrected chi connectivity index (χ4v) is 3.88. The molecule has 1 atom stereocenters. The molecule has 9 heteroatoms. The number of anilines is 1. The number of fused-ring (bicyclic) bond motifs is 1. The van der Waals surface area contributed by atoms with Crippen molar-refractivity contribution in [1.82, 2.24) is 20.5 Å². The van der Waals surface area contributed by atoms with E-state index in [-0.39, 0.29) is 23.9 Å². The van der Waals surface area contributed by atoms with Crippen molar-refractivity contribution in [2.45, 2.75) is 51.5 Å². The number of hydrogen-bond acceptors (Lipinski definition) is 5. The molecule has 2 aromatic rings. The molecular formula is C20H24FN5O3. The van der Waals surface area contributed by atoms with Crippen LogP contribution in [-0.2, 0) is 11.2 Å². The smallest absolute Gasteiger partial charge is 0.291 e. The molecule has 2 aliphatic rings. The van der Waals surface area contributed by atoms with Crippen LogP contribution in [0.1, 0.15) is 54.1 Å². The highest BCUT2D eigenvalue weighted by Crippen LogP contribution is 2.31. The van der Waals surface area contributed by atoms with Gasteiger partial charge in [-0.15, -0.1) is 5.10 Å². The Hall–Kier alpha value is -2.97. The van der Waals surface area contributed by atoms with Gasteiger partial charge in [-0.1, -0.05) is 25.7 Å². The number of ether oxygens (including phenoxy) is 1. The lowest BCUT2D eigenvalue weighted by Gasteiger charge is -2.13. The molecule has 3 N–H and O–H groups in total. The fraction of sp³-hybridized carbons (Fsp3) is 0.500. The second-order valence-corrected chi connectivity index (χ2v) is 7.74. The Morgan fingerprint density at radius 1 is 1.34 bits per heavy atom. The molecule has 2 heterocycles. The molecule has 2 amide bonds. The summed E-state index contributed by atoms with van der Waals surface area (Å²) in [6, 6.07) is 1.95. The van der Waals surface area contributed by atoms with E-state index in [2.05, 4.69) is 25.8 Å². The Labute approximate surface area is 167 Å². The van der Waals surface area contributed by atoms with Crippen molar-refractivity contribution in [3.63, 3.8) is 0 Å². The summed E-state index contributed by atoms with van der Waals surface area (Å²) in [4.78, 5) is 29.1. The highest BCUT2D eigenvalue weighted by molar-refractivity contribution is 6.01. The number of benzene rings is 1. The van der Waals surface area contributed by atoms with Gasteiger partial charge in [0.1, 0.15) is 29.9 Å². The lowest BCUT2D eigenvalue weighted by Crippen LogP contribution is -2.46. The number of aromatic amines is 1. The quantitative estimate of drug-likeness (QED) is 0.713. The SMILES string of the molecule is Cc1cc(F)c2c(c1)OCC(NC(=O)c1n[nH]c(CCC3CCCC3)n1)C(=O)N2. The molecule has 154 valence electrons. The zero-order chi connectivity index (χ0) is 20.4. The van der Waals surface area contributed by atoms with Gasteiger partial charge >= 0.3 is 0 Å². The van der Waals surface area contributed by atoms with Crippen molar-refractivity contribution in [3.8, 4) is 5.75 Å². The molecule has 1 fully saturated rings. The molecule has 0 radical (unpaired) electrons. The minimum absolute atomic E-state index is 0.0237. The molecular weight excluding hydrogens is 377 g/mol. The van der Waals surface area contributed by atoms with Crippen LogP contribution in [0.5, 0.6) is 5.75 Å². The lowest BCUT2D eigenvalue weighted by molar-refractivity contribution is -0.118. The Bertz CT molecular complexity index is 923. The predicted octanol–water partition coefficient (Wildman–Crippen LogP) is 2.50. The maximum atomic E-state index is 14.1. The second kappa shape index (κ2) is 8.18. The van der Waals surface area contributed by atoms with Gasteiger partial charge in [0.25, 0.3) is 11.8 Å². The average Bonchev–Trinajstić information content (AvgIpc) is 3.34. The summed E-state index contributed by atoms with van der Waals surface area (Å²) < 4.78 is 19.7. The summed E-state index contributed by atoms with van der Waals surface area (Å²) in [5.74, 6) is -0.135. The van der Waals surface area contributed by atoms with Gasteiger partial charge < -0.3 is 15.4 Å². The number of amides is 2. The summed E-state index contributed by atoms with van der Waals surface area (Å²) >= 11 is 0. The first-order valence-electron chi connectivity index (χ1n) is 9.95. The number of rotatable bonds is 5. The summed E-state index contributed by atoms with van der Waals surface area (Å²) in [5, 5.41) is 11.8. The maximum absolute atomic E-state index is 14.1. The molecule has 4 rings (SSSR count). The Morgan fingerprint density at radius 2 is 2.14 bits per heavy atom. The van der Waals surface area contributed by atoms with E-state index in [4.69, 9.17) is 4.74 Å². The van der Waals surface area contributed by atoms with Crippen molar-refractivity contribution < 1.29 is 18.7 Å². The molecule has 8 nitrogen and oxygen atoms in total. The van der Waals surface area contributed by atoms with Gasteiger partial charge in [0.05, 0.1) is 0 Å². The van der Waals surface area contributed by atoms with Crippen molar-refractivity contribution in [2.75, 3.05) is 11.9 Å². The second-order valence-electron chi connectivity index (χ2n) is 7.74. The van der Waals surface area contributed by atoms with Crippen LogP contribution in [-0.4, -0.2) is 39.6 Å². The van der Waals surface area contributed by atoms with Crippen molar-refractivity contribution >= 4 is 17.5 Å². The molecule has 1 unspecified atom stereocenters. The van der Waals surface area contributed by atoms with Gasteiger partial charge in [-0.05, 0) is 37.0 Å². The summed E-state index contributed by atoms with van der Waals surface area (Å²) in [5.41, 5.74) is 0.647. The number of aromatic nitrogens is 3. The molecule has 1 aliphatic heterocycles. The van der Waals surface area contributed by atoms with E-state index in [9.17, 15) is 14.0 Å². The van der Waals surface area contributed by atoms with Crippen LogP contribution in [0.3, 0.4) is 0 Å². The summed E-state index contributed by atoms with van der Waals surface area (Å²) in [6.07, 6.45) is 6.84. The van der Waals surface area contributed by atoms with Crippen molar-refractivity contribution in [1.29, 1.82) is 0 Å². The number of nitrogens with one attached hydrogen (secondary N) is 3. The molecule has 0 saturated heterocycles. The van der Waals surface area contributed by atoms with Gasteiger partial charge in [0.2, 0.25) is 5.82 Å². The normalized spacial score (nSPS) is 19.2. The Kier molecular flexibility index (Phi) is 5.46. The lowest BCUT2D eigenvalue weighted by atomic mass is 10.0. The van der Waals surface area contributed by atoms with E-state index in [0.717, 1.165) is 18.8 Å². The largest absolute Gasteiger partial charge is 0.489 e. The number of aryl methyl sites for hydroxylation is 2. The minimum Gasteiger partial charge on any atom is -0.489 e. The highest BCUT2D eigenvalue weighted by Gasteiger charge is 2.29. The van der Waals surface area contributed by atoms with E-state index >= 15 is 0 Å². The first-order valence-corrected chi connectivity index (χ1v) is 9.95. The Morgan fingerprint density at radius 3 is 2.93 bits per heavy atom. The predicted molar refractivity (Wildman–Crippen MR) is 103 cm³/mol. The number of nitrogens with zero attached hydrogens (tertiary/aromatic N) is 2. The first kappa shape index (κ1) is 19.4. The van der Waals surface area contributed by atoms with E-state index < -0.39 is 23.7 Å². The molecule has 1 aromatic carbocycles. The van der Waals surface area contributed by atoms with Crippen LogP contribution in [0.15, 0.2) is 12.1 Å². The molecule has 1 aromatic heterocycles. The monoisotopic (exact) mass is 401 g/mol. The first-order chi connectivity index (χ1) is 14.0. The van der Waals surface area contributed by atoms with Crippen molar-refractivity contribution in [2.24, 2.45) is 5.92 Å². The maximum Gasteiger partial charge on any atom is 0.291 e. The van der Waals surface area contributed by atoms with Crippen LogP contribution >= 0.6 is 0 Å². The molecule has 1 saturated carbocycles. The zero-order valence-corrected chi connectivity index (χ0v) is 16.3. The molecule has 0 spiro atoms. The van der Waals surface area contributed by atoms with E-state index in [1.54, 1.807) is 13.0 Å². The van der Waals surface area contributed by atoms with Gasteiger partial charge in [-0.25, -0.2) is 9.37 Å². The molecule has 1 aliphatic carbocycles. The molecule has 29 heavy (non-hydrogen) atoms. The standard InChI is InChI=1S/C20H24FN5O3/c1-11-8-13(21)17-15(9-11)29-10-14(19(27)24-17)22-20(28)18-23-16(25-26-18)7-6-12-4-2-3-5-12/h8-9,12,14H,2-7,10H2,1H3,(H,22,28)(H,24,27)(H,23,25,26). The number of H-pyrrole nitrogens is 1. The van der Waals surface area contributed by atoms with Gasteiger partial charge in [-0.3, -0.25) is 14.7 Å². The van der Waals surface area contributed by atoms with E-state index in [1.807, 2.05) is 0 Å². The third kappa shape index (κ3) is 4.38. The van der Waals surface area contributed by atoms with Crippen LogP contribution < -0.4 is 15.4 Å². The summed E-state index contributed by atoms with van der Waals surface area (Å²) in [7, 11) is 0. The topological polar surface area (TPSA) is 109 Å². The fourth-order valence-electron chi connectivity index (χ4n) is 3.88. The third-order valence-electron chi connectivity index (χ3n) is 5.47. The number of halogens is 1. The Balaban J connectivity index is 1.37. The number of hydrogen-bond donors (Lipinski definition) is 3. The average molecular weight is 401 g/mol. The van der Waals surface area contributed by atoms with Gasteiger partial charge in [0.15, 0.2) is 5.82 Å². The minimum atomic E-state index is -0.991. The van der Waals surface area contributed by atoms with Gasteiger partial charge in [-0.2, -0.15) is 0 Å². The molecule has 0 bridgehead atoms. The number of carbonyl (C=O) groups excluding carboxylic acids is 2. The van der Waals surface area contributed by atoms with E-state index in [0.29, 0.717) is 11.4 Å². The number of carbonyl (C=O) groups is 2. The van der Waals surface area contributed by atoms with Gasteiger partial charge in [0, 0.05) is 6.42 Å². The van der Waals surface area contributed by atoms with Crippen LogP contribution in [0.2, 0.25) is 0 Å². The van der Waals surface area contributed by atoms with Crippen LogP contribution in [0.4, 0.5) is 10.1 Å². The van der Waals surface area contributed by atoms with Crippen LogP contribution in [0.25, 0.3) is 0 Å². The van der Waals surface area contributed by atoms with Crippen molar-refractivity contribution in [3.05, 3.63) is 35.2 Å². The third-order valence-corrected chi connectivity index (χ3v) is 5.47. The highest BCUT2D eigenvalue weighted by atomic mass is 19.1. The van der Waals surface area contributed by atoms with Crippen LogP contribution in [0, 0.1) is 18.7 Å². The van der Waals surface area contributed by atoms with E-state index in [1.165, 1.54) is 31.7 Å².